The van der Waals surface area contributed by atoms with Gasteiger partial charge < -0.3 is 15.0 Å². The number of piperidine rings is 2. The minimum Gasteiger partial charge on any atom is -0.373 e. The fourth-order valence-corrected chi connectivity index (χ4v) is 4.44. The Morgan fingerprint density at radius 1 is 1.28 bits per heavy atom. The molecule has 4 rings (SSSR count). The van der Waals surface area contributed by atoms with Gasteiger partial charge >= 0.3 is 6.03 Å². The molecule has 25 heavy (non-hydrogen) atoms. The van der Waals surface area contributed by atoms with Crippen LogP contribution in [0.1, 0.15) is 50.1 Å². The number of fused-ring (bicyclic) bond motifs is 1. The van der Waals surface area contributed by atoms with Gasteiger partial charge in [0, 0.05) is 37.4 Å². The SMILES string of the molecule is O=C(NC[C@@H]1CN2CCCC[C@@H]2CO1)N1CCCC[C@@H]1c1cn[nH]c1. The van der Waals surface area contributed by atoms with E-state index in [1.54, 1.807) is 0 Å². The molecule has 1 aromatic rings. The van der Waals surface area contributed by atoms with Crippen molar-refractivity contribution >= 4 is 6.03 Å². The summed E-state index contributed by atoms with van der Waals surface area (Å²) in [5, 5.41) is 10.0. The quantitative estimate of drug-likeness (QED) is 0.876. The molecule has 0 radical (unpaired) electrons. The van der Waals surface area contributed by atoms with Gasteiger partial charge in [0.15, 0.2) is 0 Å². The first-order valence-electron chi connectivity index (χ1n) is 9.70. The number of ether oxygens (including phenoxy) is 1. The van der Waals surface area contributed by atoms with E-state index in [2.05, 4.69) is 20.4 Å². The number of urea groups is 1. The molecule has 3 fully saturated rings. The molecule has 3 aliphatic rings. The smallest absolute Gasteiger partial charge is 0.318 e. The number of hydrogen-bond acceptors (Lipinski definition) is 4. The summed E-state index contributed by atoms with van der Waals surface area (Å²) in [5.41, 5.74) is 1.10. The fourth-order valence-electron chi connectivity index (χ4n) is 4.44. The van der Waals surface area contributed by atoms with E-state index in [9.17, 15) is 4.79 Å². The van der Waals surface area contributed by atoms with Gasteiger partial charge in [-0.1, -0.05) is 6.42 Å². The van der Waals surface area contributed by atoms with E-state index in [1.807, 2.05) is 17.3 Å². The van der Waals surface area contributed by atoms with Crippen molar-refractivity contribution in [3.63, 3.8) is 0 Å². The van der Waals surface area contributed by atoms with Gasteiger partial charge in [-0.05, 0) is 38.6 Å². The molecule has 7 heteroatoms. The molecule has 0 saturated carbocycles. The number of nitrogens with one attached hydrogen (secondary N) is 2. The van der Waals surface area contributed by atoms with Gasteiger partial charge in [-0.25, -0.2) is 4.79 Å². The first kappa shape index (κ1) is 16.8. The molecule has 0 bridgehead atoms. The van der Waals surface area contributed by atoms with Gasteiger partial charge in [0.25, 0.3) is 0 Å². The number of aromatic nitrogens is 2. The van der Waals surface area contributed by atoms with Gasteiger partial charge in [0.1, 0.15) is 0 Å². The normalized spacial score (nSPS) is 30.7. The van der Waals surface area contributed by atoms with E-state index in [1.165, 1.54) is 25.8 Å². The molecule has 0 aliphatic carbocycles. The first-order chi connectivity index (χ1) is 12.3. The summed E-state index contributed by atoms with van der Waals surface area (Å²) in [7, 11) is 0. The molecule has 0 unspecified atom stereocenters. The summed E-state index contributed by atoms with van der Waals surface area (Å²) in [5.74, 6) is 0. The zero-order valence-electron chi connectivity index (χ0n) is 14.8. The van der Waals surface area contributed by atoms with Crippen molar-refractivity contribution < 1.29 is 9.53 Å². The molecule has 2 N–H and O–H groups in total. The predicted octanol–water partition coefficient (Wildman–Crippen LogP) is 1.90. The van der Waals surface area contributed by atoms with Gasteiger partial charge in [0.05, 0.1) is 24.9 Å². The summed E-state index contributed by atoms with van der Waals surface area (Å²) < 4.78 is 5.99. The van der Waals surface area contributed by atoms with Crippen LogP contribution >= 0.6 is 0 Å². The third-order valence-corrected chi connectivity index (χ3v) is 5.86. The number of hydrogen-bond donors (Lipinski definition) is 2. The highest BCUT2D eigenvalue weighted by atomic mass is 16.5. The Morgan fingerprint density at radius 3 is 3.04 bits per heavy atom. The Morgan fingerprint density at radius 2 is 2.16 bits per heavy atom. The number of amides is 2. The molecule has 1 aromatic heterocycles. The van der Waals surface area contributed by atoms with E-state index in [0.717, 1.165) is 44.5 Å². The fraction of sp³-hybridized carbons (Fsp3) is 0.778. The number of nitrogens with zero attached hydrogens (tertiary/aromatic N) is 3. The molecular formula is C18H29N5O2. The van der Waals surface area contributed by atoms with E-state index in [4.69, 9.17) is 4.74 Å². The lowest BCUT2D eigenvalue weighted by molar-refractivity contribution is -0.0726. The Hall–Kier alpha value is -1.60. The second kappa shape index (κ2) is 7.74. The van der Waals surface area contributed by atoms with Crippen LogP contribution in [0.15, 0.2) is 12.4 Å². The average Bonchev–Trinajstić information content (AvgIpc) is 3.20. The van der Waals surface area contributed by atoms with Crippen molar-refractivity contribution in [3.8, 4) is 0 Å². The number of carbonyl (C=O) groups excluding carboxylic acids is 1. The summed E-state index contributed by atoms with van der Waals surface area (Å²) in [4.78, 5) is 17.2. The second-order valence-electron chi connectivity index (χ2n) is 7.52. The maximum absolute atomic E-state index is 12.7. The molecule has 138 valence electrons. The molecule has 3 atom stereocenters. The van der Waals surface area contributed by atoms with Crippen LogP contribution in [0.4, 0.5) is 4.79 Å². The number of carbonyl (C=O) groups is 1. The molecule has 0 spiro atoms. The van der Waals surface area contributed by atoms with Crippen LogP contribution in [-0.4, -0.2) is 71.0 Å². The van der Waals surface area contributed by atoms with Crippen LogP contribution in [0.25, 0.3) is 0 Å². The summed E-state index contributed by atoms with van der Waals surface area (Å²) in [6, 6.07) is 0.745. The maximum Gasteiger partial charge on any atom is 0.318 e. The maximum atomic E-state index is 12.7. The van der Waals surface area contributed by atoms with Gasteiger partial charge in [-0.3, -0.25) is 10.00 Å². The van der Waals surface area contributed by atoms with E-state index in [0.29, 0.717) is 12.6 Å². The lowest BCUT2D eigenvalue weighted by Crippen LogP contribution is -2.55. The molecule has 0 aromatic carbocycles. The third kappa shape index (κ3) is 3.82. The average molecular weight is 347 g/mol. The van der Waals surface area contributed by atoms with Gasteiger partial charge in [-0.15, -0.1) is 0 Å². The Bertz CT molecular complexity index is 564. The van der Waals surface area contributed by atoms with Crippen LogP contribution in [0, 0.1) is 0 Å². The topological polar surface area (TPSA) is 73.5 Å². The zero-order chi connectivity index (χ0) is 17.1. The van der Waals surface area contributed by atoms with E-state index >= 15 is 0 Å². The van der Waals surface area contributed by atoms with Crippen molar-refractivity contribution in [1.82, 2.24) is 25.3 Å². The van der Waals surface area contributed by atoms with Crippen LogP contribution in [0.5, 0.6) is 0 Å². The van der Waals surface area contributed by atoms with E-state index < -0.39 is 0 Å². The number of H-pyrrole nitrogens is 1. The molecular weight excluding hydrogens is 318 g/mol. The predicted molar refractivity (Wildman–Crippen MR) is 94.2 cm³/mol. The summed E-state index contributed by atoms with van der Waals surface area (Å²) >= 11 is 0. The van der Waals surface area contributed by atoms with Gasteiger partial charge in [0.2, 0.25) is 0 Å². The number of likely N-dealkylation sites (tertiary alicyclic amines) is 1. The zero-order valence-corrected chi connectivity index (χ0v) is 14.8. The van der Waals surface area contributed by atoms with Crippen molar-refractivity contribution in [2.75, 3.05) is 32.8 Å². The summed E-state index contributed by atoms with van der Waals surface area (Å²) in [6.07, 6.45) is 10.9. The van der Waals surface area contributed by atoms with Crippen LogP contribution in [0.2, 0.25) is 0 Å². The highest BCUT2D eigenvalue weighted by Gasteiger charge is 2.32. The van der Waals surface area contributed by atoms with Crippen LogP contribution in [0.3, 0.4) is 0 Å². The van der Waals surface area contributed by atoms with Crippen LogP contribution < -0.4 is 5.32 Å². The molecule has 2 amide bonds. The molecule has 4 heterocycles. The summed E-state index contributed by atoms with van der Waals surface area (Å²) in [6.45, 7) is 4.32. The van der Waals surface area contributed by atoms with Crippen molar-refractivity contribution in [3.05, 3.63) is 18.0 Å². The van der Waals surface area contributed by atoms with Gasteiger partial charge in [-0.2, -0.15) is 5.10 Å². The Labute approximate surface area is 149 Å². The Balaban J connectivity index is 1.30. The molecule has 7 nitrogen and oxygen atoms in total. The second-order valence-corrected chi connectivity index (χ2v) is 7.52. The molecule has 3 aliphatic heterocycles. The standard InChI is InChI=1S/C18H29N5O2/c24-18(23-8-4-2-6-17(23)14-9-20-21-10-14)19-11-16-12-22-7-3-1-5-15(22)13-25-16/h9-10,15-17H,1-8,11-13H2,(H,19,24)(H,20,21)/t15-,16-,17-/m1/s1. The van der Waals surface area contributed by atoms with Crippen molar-refractivity contribution in [1.29, 1.82) is 0 Å². The van der Waals surface area contributed by atoms with Crippen molar-refractivity contribution in [2.24, 2.45) is 0 Å². The monoisotopic (exact) mass is 347 g/mol. The van der Waals surface area contributed by atoms with Crippen LogP contribution in [-0.2, 0) is 4.74 Å². The lowest BCUT2D eigenvalue weighted by Gasteiger charge is -2.42. The number of rotatable bonds is 3. The number of aromatic amines is 1. The molecule has 3 saturated heterocycles. The Kier molecular flexibility index (Phi) is 5.22. The van der Waals surface area contributed by atoms with Crippen molar-refractivity contribution in [2.45, 2.75) is 56.7 Å². The lowest BCUT2D eigenvalue weighted by atomic mass is 9.98. The minimum atomic E-state index is 0.0234. The van der Waals surface area contributed by atoms with E-state index in [-0.39, 0.29) is 18.2 Å². The highest BCUT2D eigenvalue weighted by molar-refractivity contribution is 5.74. The number of morpholine rings is 1. The first-order valence-corrected chi connectivity index (χ1v) is 9.70. The highest BCUT2D eigenvalue weighted by Crippen LogP contribution is 2.30. The minimum absolute atomic E-state index is 0.0234. The third-order valence-electron chi connectivity index (χ3n) is 5.86. The largest absolute Gasteiger partial charge is 0.373 e.